The summed E-state index contributed by atoms with van der Waals surface area (Å²) in [4.78, 5) is 20.4. The van der Waals surface area contributed by atoms with Gasteiger partial charge in [0.25, 0.3) is 0 Å². The van der Waals surface area contributed by atoms with E-state index in [0.717, 1.165) is 23.5 Å². The predicted octanol–water partition coefficient (Wildman–Crippen LogP) is 4.59. The number of amides is 1. The Balaban J connectivity index is 1.76. The Morgan fingerprint density at radius 1 is 1.42 bits per heavy atom. The number of carbonyl (C=O) groups is 1. The van der Waals surface area contributed by atoms with Crippen LogP contribution in [0.2, 0.25) is 0 Å². The van der Waals surface area contributed by atoms with Gasteiger partial charge in [-0.15, -0.1) is 22.7 Å². The molecule has 0 saturated carbocycles. The van der Waals surface area contributed by atoms with E-state index >= 15 is 0 Å². The fraction of sp³-hybridized carbons (Fsp3) is 0.300. The summed E-state index contributed by atoms with van der Waals surface area (Å²) < 4.78 is 1.21. The average molecular weight is 384 g/mol. The quantitative estimate of drug-likeness (QED) is 0.670. The Kier molecular flexibility index (Phi) is 4.65. The number of rotatable bonds is 4. The first kappa shape index (κ1) is 17.4. The van der Waals surface area contributed by atoms with E-state index in [-0.39, 0.29) is 12.1 Å². The summed E-state index contributed by atoms with van der Waals surface area (Å²) in [6.07, 6.45) is 2.22. The Bertz CT molecular complexity index is 940. The fourth-order valence-corrected chi connectivity index (χ4v) is 5.73. The third kappa shape index (κ3) is 2.98. The van der Waals surface area contributed by atoms with Gasteiger partial charge in [0.15, 0.2) is 0 Å². The van der Waals surface area contributed by atoms with E-state index in [2.05, 4.69) is 54.2 Å². The molecule has 134 valence electrons. The van der Waals surface area contributed by atoms with Crippen LogP contribution in [0.5, 0.6) is 0 Å². The molecule has 1 aliphatic rings. The molecule has 1 aromatic carbocycles. The van der Waals surface area contributed by atoms with Crippen molar-refractivity contribution in [2.45, 2.75) is 32.5 Å². The van der Waals surface area contributed by atoms with Gasteiger partial charge in [-0.1, -0.05) is 18.7 Å². The third-order valence-electron chi connectivity index (χ3n) is 4.78. The van der Waals surface area contributed by atoms with Gasteiger partial charge in [-0.25, -0.2) is 4.98 Å². The lowest BCUT2D eigenvalue weighted by Gasteiger charge is -2.38. The lowest BCUT2D eigenvalue weighted by atomic mass is 10.00. The largest absolute Gasteiger partial charge is 0.332 e. The zero-order valence-electron chi connectivity index (χ0n) is 14.9. The first-order valence-electron chi connectivity index (χ1n) is 8.73. The molecule has 6 heteroatoms. The summed E-state index contributed by atoms with van der Waals surface area (Å²) in [5, 5.41) is 6.37. The van der Waals surface area contributed by atoms with E-state index in [4.69, 9.17) is 4.98 Å². The number of carbonyl (C=O) groups excluding carboxylic acids is 1. The SMILES string of the molecule is C=CC(=O)NC1c2scc(-c3nc4ccccc4s3)c2CCN1C(C)C. The Hall–Kier alpha value is -2.02. The summed E-state index contributed by atoms with van der Waals surface area (Å²) in [6.45, 7) is 8.85. The number of aromatic nitrogens is 1. The standard InChI is InChI=1S/C20H21N3OS2/c1-4-17(24)22-19-18-13(9-10-23(19)12(2)3)14(11-25-18)20-21-15-7-5-6-8-16(15)26-20/h4-8,11-12,19H,1,9-10H2,2-3H3,(H,22,24). The van der Waals surface area contributed by atoms with Gasteiger partial charge >= 0.3 is 0 Å². The van der Waals surface area contributed by atoms with Gasteiger partial charge in [0, 0.05) is 28.4 Å². The van der Waals surface area contributed by atoms with Gasteiger partial charge in [0.1, 0.15) is 11.2 Å². The molecule has 0 bridgehead atoms. The second kappa shape index (κ2) is 6.95. The molecular formula is C20H21N3OS2. The minimum atomic E-state index is -0.136. The van der Waals surface area contributed by atoms with Crippen molar-refractivity contribution < 1.29 is 4.79 Å². The molecule has 3 heterocycles. The van der Waals surface area contributed by atoms with Crippen molar-refractivity contribution in [2.24, 2.45) is 0 Å². The number of thiazole rings is 1. The molecule has 1 aliphatic heterocycles. The molecule has 26 heavy (non-hydrogen) atoms. The molecule has 1 amide bonds. The molecule has 1 atom stereocenters. The highest BCUT2D eigenvalue weighted by Crippen LogP contribution is 2.42. The predicted molar refractivity (Wildman–Crippen MR) is 110 cm³/mol. The Morgan fingerprint density at radius 3 is 2.96 bits per heavy atom. The smallest absolute Gasteiger partial charge is 0.244 e. The number of hydrogen-bond donors (Lipinski definition) is 1. The van der Waals surface area contributed by atoms with Gasteiger partial charge in [-0.3, -0.25) is 9.69 Å². The second-order valence-electron chi connectivity index (χ2n) is 6.68. The summed E-state index contributed by atoms with van der Waals surface area (Å²) >= 11 is 3.45. The highest BCUT2D eigenvalue weighted by Gasteiger charge is 2.33. The summed E-state index contributed by atoms with van der Waals surface area (Å²) in [7, 11) is 0. The zero-order chi connectivity index (χ0) is 18.3. The maximum Gasteiger partial charge on any atom is 0.244 e. The molecule has 2 aromatic heterocycles. The van der Waals surface area contributed by atoms with Crippen LogP contribution in [0, 0.1) is 0 Å². The fourth-order valence-electron chi connectivity index (χ4n) is 3.47. The molecule has 1 N–H and O–H groups in total. The van der Waals surface area contributed by atoms with Crippen molar-refractivity contribution in [3.8, 4) is 10.6 Å². The second-order valence-corrected chi connectivity index (χ2v) is 8.62. The van der Waals surface area contributed by atoms with Crippen molar-refractivity contribution in [1.82, 2.24) is 15.2 Å². The van der Waals surface area contributed by atoms with Gasteiger partial charge < -0.3 is 5.32 Å². The van der Waals surface area contributed by atoms with Crippen LogP contribution >= 0.6 is 22.7 Å². The molecule has 4 rings (SSSR count). The number of nitrogens with zero attached hydrogens (tertiary/aromatic N) is 2. The van der Waals surface area contributed by atoms with Gasteiger partial charge in [0.2, 0.25) is 5.91 Å². The van der Waals surface area contributed by atoms with Crippen LogP contribution in [0.25, 0.3) is 20.8 Å². The van der Waals surface area contributed by atoms with Gasteiger partial charge in [0.05, 0.1) is 10.2 Å². The number of benzene rings is 1. The highest BCUT2D eigenvalue weighted by atomic mass is 32.1. The van der Waals surface area contributed by atoms with Gasteiger partial charge in [-0.2, -0.15) is 0 Å². The van der Waals surface area contributed by atoms with E-state index in [1.807, 2.05) is 6.07 Å². The summed E-state index contributed by atoms with van der Waals surface area (Å²) in [5.74, 6) is -0.136. The summed E-state index contributed by atoms with van der Waals surface area (Å²) in [6, 6.07) is 8.60. The van der Waals surface area contributed by atoms with Crippen LogP contribution in [0.1, 0.15) is 30.5 Å². The molecule has 0 spiro atoms. The first-order valence-corrected chi connectivity index (χ1v) is 10.4. The lowest BCUT2D eigenvalue weighted by Crippen LogP contribution is -2.47. The lowest BCUT2D eigenvalue weighted by molar-refractivity contribution is -0.118. The van der Waals surface area contributed by atoms with E-state index in [0.29, 0.717) is 6.04 Å². The van der Waals surface area contributed by atoms with Gasteiger partial charge in [-0.05, 0) is 44.0 Å². The topological polar surface area (TPSA) is 45.2 Å². The zero-order valence-corrected chi connectivity index (χ0v) is 16.5. The maximum absolute atomic E-state index is 12.0. The molecule has 3 aromatic rings. The Morgan fingerprint density at radius 2 is 2.23 bits per heavy atom. The number of hydrogen-bond acceptors (Lipinski definition) is 5. The Labute approximate surface area is 161 Å². The van der Waals surface area contributed by atoms with E-state index in [9.17, 15) is 4.79 Å². The number of nitrogens with one attached hydrogen (secondary N) is 1. The molecule has 0 saturated heterocycles. The third-order valence-corrected chi connectivity index (χ3v) is 6.93. The van der Waals surface area contributed by atoms with Crippen molar-refractivity contribution in [2.75, 3.05) is 6.54 Å². The monoisotopic (exact) mass is 383 g/mol. The minimum absolute atomic E-state index is 0.0996. The number of thiophene rings is 1. The normalized spacial score (nSPS) is 17.4. The van der Waals surface area contributed by atoms with Crippen LogP contribution < -0.4 is 5.32 Å². The van der Waals surface area contributed by atoms with Crippen molar-refractivity contribution in [3.63, 3.8) is 0 Å². The van der Waals surface area contributed by atoms with Crippen molar-refractivity contribution in [1.29, 1.82) is 0 Å². The molecule has 0 fully saturated rings. The first-order chi connectivity index (χ1) is 12.6. The average Bonchev–Trinajstić information content (AvgIpc) is 3.25. The molecule has 4 nitrogen and oxygen atoms in total. The number of para-hydroxylation sites is 1. The number of fused-ring (bicyclic) bond motifs is 2. The van der Waals surface area contributed by atoms with Crippen LogP contribution in [0.4, 0.5) is 0 Å². The van der Waals surface area contributed by atoms with Crippen LogP contribution in [0.15, 0.2) is 42.3 Å². The molecule has 1 unspecified atom stereocenters. The molecular weight excluding hydrogens is 362 g/mol. The minimum Gasteiger partial charge on any atom is -0.332 e. The van der Waals surface area contributed by atoms with Crippen molar-refractivity contribution >= 4 is 38.8 Å². The highest BCUT2D eigenvalue weighted by molar-refractivity contribution is 7.22. The van der Waals surface area contributed by atoms with Crippen LogP contribution in [-0.4, -0.2) is 28.4 Å². The van der Waals surface area contributed by atoms with E-state index in [1.54, 1.807) is 22.7 Å². The molecule has 0 radical (unpaired) electrons. The van der Waals surface area contributed by atoms with Crippen LogP contribution in [-0.2, 0) is 11.2 Å². The maximum atomic E-state index is 12.0. The van der Waals surface area contributed by atoms with Crippen molar-refractivity contribution in [3.05, 3.63) is 52.7 Å². The van der Waals surface area contributed by atoms with E-state index in [1.165, 1.54) is 26.8 Å². The molecule has 0 aliphatic carbocycles. The summed E-state index contributed by atoms with van der Waals surface area (Å²) in [5.41, 5.74) is 3.58. The van der Waals surface area contributed by atoms with E-state index < -0.39 is 0 Å². The van der Waals surface area contributed by atoms with Crippen LogP contribution in [0.3, 0.4) is 0 Å².